The van der Waals surface area contributed by atoms with Gasteiger partial charge in [-0.05, 0) is 37.3 Å². The number of rotatable bonds is 4. The van der Waals surface area contributed by atoms with Crippen molar-refractivity contribution in [3.63, 3.8) is 0 Å². The van der Waals surface area contributed by atoms with E-state index in [0.29, 0.717) is 17.9 Å². The van der Waals surface area contributed by atoms with Crippen LogP contribution in [0.5, 0.6) is 0 Å². The van der Waals surface area contributed by atoms with Gasteiger partial charge in [-0.3, -0.25) is 8.99 Å². The summed E-state index contributed by atoms with van der Waals surface area (Å²) < 4.78 is 27.8. The van der Waals surface area contributed by atoms with Crippen molar-refractivity contribution >= 4 is 21.4 Å². The minimum Gasteiger partial charge on any atom is -0.399 e. The number of hydrogen-bond acceptors (Lipinski definition) is 4. The van der Waals surface area contributed by atoms with Crippen molar-refractivity contribution in [1.29, 1.82) is 0 Å². The second kappa shape index (κ2) is 4.93. The quantitative estimate of drug-likeness (QED) is 0.854. The first kappa shape index (κ1) is 13.4. The zero-order chi connectivity index (χ0) is 14.0. The lowest BCUT2D eigenvalue weighted by atomic mass is 10.3. The number of hydrogen-bond donors (Lipinski definition) is 1. The number of aryl methyl sites for hydroxylation is 1. The standard InChI is InChI=1S/C12H16N4O2S/c1-3-16(11-6-4-10(13)5-7-11)19(17,18)12-8-9-14-15(12)2/h4-9H,3,13H2,1-2H3. The Morgan fingerprint density at radius 3 is 2.37 bits per heavy atom. The van der Waals surface area contributed by atoms with Gasteiger partial charge >= 0.3 is 0 Å². The van der Waals surface area contributed by atoms with Gasteiger partial charge in [0.2, 0.25) is 0 Å². The molecule has 0 saturated carbocycles. The van der Waals surface area contributed by atoms with Crippen molar-refractivity contribution in [1.82, 2.24) is 9.78 Å². The number of sulfonamides is 1. The molecule has 0 unspecified atom stereocenters. The van der Waals surface area contributed by atoms with Crippen molar-refractivity contribution in [3.05, 3.63) is 36.5 Å². The average molecular weight is 280 g/mol. The number of nitrogens with two attached hydrogens (primary N) is 1. The molecule has 0 radical (unpaired) electrons. The molecule has 1 aromatic carbocycles. The summed E-state index contributed by atoms with van der Waals surface area (Å²) in [5.74, 6) is 0. The number of nitrogens with zero attached hydrogens (tertiary/aromatic N) is 3. The summed E-state index contributed by atoms with van der Waals surface area (Å²) in [4.78, 5) is 0. The third-order valence-electron chi connectivity index (χ3n) is 2.80. The summed E-state index contributed by atoms with van der Waals surface area (Å²) in [6.45, 7) is 2.11. The van der Waals surface area contributed by atoms with Gasteiger partial charge in [-0.15, -0.1) is 0 Å². The third kappa shape index (κ3) is 2.41. The van der Waals surface area contributed by atoms with Gasteiger partial charge in [0.15, 0.2) is 5.03 Å². The largest absolute Gasteiger partial charge is 0.399 e. The molecule has 7 heteroatoms. The molecule has 0 saturated heterocycles. The lowest BCUT2D eigenvalue weighted by Crippen LogP contribution is -2.32. The topological polar surface area (TPSA) is 81.2 Å². The number of aromatic nitrogens is 2. The first-order valence-electron chi connectivity index (χ1n) is 5.83. The van der Waals surface area contributed by atoms with E-state index in [2.05, 4.69) is 5.10 Å². The van der Waals surface area contributed by atoms with Crippen LogP contribution in [-0.4, -0.2) is 24.7 Å². The molecule has 2 aromatic rings. The highest BCUT2D eigenvalue weighted by Crippen LogP contribution is 2.23. The Bertz CT molecular complexity index is 661. The Hall–Kier alpha value is -2.02. The molecule has 0 amide bonds. The van der Waals surface area contributed by atoms with Crippen LogP contribution in [0.3, 0.4) is 0 Å². The van der Waals surface area contributed by atoms with Crippen LogP contribution in [-0.2, 0) is 17.1 Å². The molecule has 0 spiro atoms. The van der Waals surface area contributed by atoms with Crippen LogP contribution in [0.15, 0.2) is 41.6 Å². The van der Waals surface area contributed by atoms with Crippen LogP contribution in [0.2, 0.25) is 0 Å². The molecule has 0 aliphatic rings. The van der Waals surface area contributed by atoms with Crippen LogP contribution >= 0.6 is 0 Å². The molecule has 1 aromatic heterocycles. The average Bonchev–Trinajstić information content (AvgIpc) is 2.79. The molecule has 0 bridgehead atoms. The fourth-order valence-corrected chi connectivity index (χ4v) is 3.44. The molecule has 0 aliphatic carbocycles. The number of nitrogen functional groups attached to an aromatic ring is 1. The van der Waals surface area contributed by atoms with Gasteiger partial charge in [0.25, 0.3) is 10.0 Å². The van der Waals surface area contributed by atoms with Crippen molar-refractivity contribution < 1.29 is 8.42 Å². The van der Waals surface area contributed by atoms with Gasteiger partial charge in [-0.2, -0.15) is 13.5 Å². The van der Waals surface area contributed by atoms with Gasteiger partial charge < -0.3 is 5.73 Å². The maximum Gasteiger partial charge on any atom is 0.281 e. The zero-order valence-electron chi connectivity index (χ0n) is 10.8. The first-order chi connectivity index (χ1) is 8.96. The smallest absolute Gasteiger partial charge is 0.281 e. The van der Waals surface area contributed by atoms with Crippen LogP contribution in [0.25, 0.3) is 0 Å². The van der Waals surface area contributed by atoms with E-state index in [1.807, 2.05) is 0 Å². The minimum atomic E-state index is -3.61. The van der Waals surface area contributed by atoms with E-state index in [9.17, 15) is 8.42 Å². The van der Waals surface area contributed by atoms with E-state index >= 15 is 0 Å². The van der Waals surface area contributed by atoms with Crippen molar-refractivity contribution in [2.45, 2.75) is 11.9 Å². The van der Waals surface area contributed by atoms with Crippen molar-refractivity contribution in [3.8, 4) is 0 Å². The van der Waals surface area contributed by atoms with E-state index in [-0.39, 0.29) is 5.03 Å². The minimum absolute atomic E-state index is 0.158. The van der Waals surface area contributed by atoms with Gasteiger partial charge in [0, 0.05) is 19.3 Å². The summed E-state index contributed by atoms with van der Waals surface area (Å²) in [5.41, 5.74) is 6.79. The van der Waals surface area contributed by atoms with Gasteiger partial charge in [-0.1, -0.05) is 0 Å². The highest BCUT2D eigenvalue weighted by molar-refractivity contribution is 7.92. The summed E-state index contributed by atoms with van der Waals surface area (Å²) in [5, 5.41) is 4.06. The predicted octanol–water partition coefficient (Wildman–Crippen LogP) is 1.22. The van der Waals surface area contributed by atoms with Crippen LogP contribution in [0, 0.1) is 0 Å². The molecule has 19 heavy (non-hydrogen) atoms. The van der Waals surface area contributed by atoms with Crippen LogP contribution in [0.4, 0.5) is 11.4 Å². The molecular formula is C12H16N4O2S. The maximum atomic E-state index is 12.6. The molecule has 6 nitrogen and oxygen atoms in total. The van der Waals surface area contributed by atoms with E-state index in [0.717, 1.165) is 0 Å². The Balaban J connectivity index is 2.48. The maximum absolute atomic E-state index is 12.6. The van der Waals surface area contributed by atoms with Crippen LogP contribution < -0.4 is 10.0 Å². The predicted molar refractivity (Wildman–Crippen MR) is 74.3 cm³/mol. The monoisotopic (exact) mass is 280 g/mol. The zero-order valence-corrected chi connectivity index (χ0v) is 11.6. The second-order valence-corrected chi connectivity index (χ2v) is 5.86. The normalized spacial score (nSPS) is 11.5. The molecule has 0 fully saturated rings. The van der Waals surface area contributed by atoms with Crippen LogP contribution in [0.1, 0.15) is 6.92 Å². The highest BCUT2D eigenvalue weighted by Gasteiger charge is 2.26. The first-order valence-corrected chi connectivity index (χ1v) is 7.27. The van der Waals surface area contributed by atoms with Gasteiger partial charge in [0.1, 0.15) is 0 Å². The number of anilines is 2. The molecule has 0 aliphatic heterocycles. The summed E-state index contributed by atoms with van der Waals surface area (Å²) in [6, 6.07) is 8.21. The molecule has 2 N–H and O–H groups in total. The van der Waals surface area contributed by atoms with Crippen molar-refractivity contribution in [2.75, 3.05) is 16.6 Å². The SMILES string of the molecule is CCN(c1ccc(N)cc1)S(=O)(=O)c1ccnn1C. The van der Waals surface area contributed by atoms with E-state index in [4.69, 9.17) is 5.73 Å². The highest BCUT2D eigenvalue weighted by atomic mass is 32.2. The fraction of sp³-hybridized carbons (Fsp3) is 0.250. The molecule has 0 atom stereocenters. The fourth-order valence-electron chi connectivity index (χ4n) is 1.86. The van der Waals surface area contributed by atoms with Gasteiger partial charge in [-0.25, -0.2) is 0 Å². The lowest BCUT2D eigenvalue weighted by molar-refractivity contribution is 0.573. The Morgan fingerprint density at radius 1 is 1.26 bits per heavy atom. The third-order valence-corrected chi connectivity index (χ3v) is 4.78. The Kier molecular flexibility index (Phi) is 3.48. The summed E-state index contributed by atoms with van der Waals surface area (Å²) in [7, 11) is -2.01. The Morgan fingerprint density at radius 2 is 1.89 bits per heavy atom. The Labute approximate surface area is 112 Å². The second-order valence-electron chi connectivity index (χ2n) is 4.05. The lowest BCUT2D eigenvalue weighted by Gasteiger charge is -2.22. The van der Waals surface area contributed by atoms with E-state index < -0.39 is 10.0 Å². The molecular weight excluding hydrogens is 264 g/mol. The summed E-state index contributed by atoms with van der Waals surface area (Å²) in [6.07, 6.45) is 1.46. The number of benzene rings is 1. The summed E-state index contributed by atoms with van der Waals surface area (Å²) >= 11 is 0. The van der Waals surface area contributed by atoms with Crippen molar-refractivity contribution in [2.24, 2.45) is 7.05 Å². The van der Waals surface area contributed by atoms with E-state index in [1.165, 1.54) is 21.3 Å². The van der Waals surface area contributed by atoms with Gasteiger partial charge in [0.05, 0.1) is 11.9 Å². The molecule has 1 heterocycles. The molecule has 102 valence electrons. The van der Waals surface area contributed by atoms with E-state index in [1.54, 1.807) is 38.2 Å². The molecule has 2 rings (SSSR count).